The number of aromatic hydroxyl groups is 1. The predicted octanol–water partition coefficient (Wildman–Crippen LogP) is 1.98. The summed E-state index contributed by atoms with van der Waals surface area (Å²) in [7, 11) is 0. The first-order chi connectivity index (χ1) is 8.47. The molecule has 5 nitrogen and oxygen atoms in total. The number of phenols is 1. The van der Waals surface area contributed by atoms with E-state index in [-0.39, 0.29) is 17.1 Å². The van der Waals surface area contributed by atoms with Crippen LogP contribution in [0.2, 0.25) is 0 Å². The second-order valence-corrected chi connectivity index (χ2v) is 3.79. The van der Waals surface area contributed by atoms with Gasteiger partial charge in [0, 0.05) is 11.0 Å². The van der Waals surface area contributed by atoms with Crippen molar-refractivity contribution in [3.05, 3.63) is 46.8 Å². The zero-order valence-electron chi connectivity index (χ0n) is 9.60. The Morgan fingerprint density at radius 2 is 2.11 bits per heavy atom. The van der Waals surface area contributed by atoms with E-state index in [0.717, 1.165) is 0 Å². The third-order valence-corrected chi connectivity index (χ3v) is 2.23. The van der Waals surface area contributed by atoms with E-state index in [1.54, 1.807) is 0 Å². The molecule has 0 aliphatic heterocycles. The average Bonchev–Trinajstić information content (AvgIpc) is 2.30. The van der Waals surface area contributed by atoms with E-state index in [0.29, 0.717) is 11.0 Å². The van der Waals surface area contributed by atoms with Gasteiger partial charge in [0.05, 0.1) is 0 Å². The molecule has 0 aliphatic carbocycles. The van der Waals surface area contributed by atoms with Gasteiger partial charge in [0.1, 0.15) is 11.3 Å². The highest BCUT2D eigenvalue weighted by Crippen LogP contribution is 2.21. The number of benzene rings is 1. The van der Waals surface area contributed by atoms with Crippen molar-refractivity contribution in [2.45, 2.75) is 6.92 Å². The molecule has 5 heteroatoms. The zero-order chi connectivity index (χ0) is 13.3. The van der Waals surface area contributed by atoms with Crippen LogP contribution in [0.5, 0.6) is 11.5 Å². The molecule has 1 N–H and O–H groups in total. The molecule has 92 valence electrons. The molecule has 18 heavy (non-hydrogen) atoms. The first-order valence-corrected chi connectivity index (χ1v) is 5.12. The smallest absolute Gasteiger partial charge is 0.379 e. The Labute approximate surface area is 102 Å². The van der Waals surface area contributed by atoms with Gasteiger partial charge in [0.2, 0.25) is 5.75 Å². The van der Waals surface area contributed by atoms with Crippen molar-refractivity contribution in [2.24, 2.45) is 0 Å². The third kappa shape index (κ3) is 2.24. The van der Waals surface area contributed by atoms with E-state index in [4.69, 9.17) is 9.15 Å². The number of carbonyl (C=O) groups excluding carboxylic acids is 1. The standard InChI is InChI=1S/C13H10O5/c1-7(2)12(15)18-11-6-8-5-9(14)3-4-10(8)17-13(11)16/h3-6,14H,1H2,2H3. The highest BCUT2D eigenvalue weighted by molar-refractivity contribution is 5.89. The second-order valence-electron chi connectivity index (χ2n) is 3.79. The summed E-state index contributed by atoms with van der Waals surface area (Å²) in [4.78, 5) is 22.9. The number of esters is 1. The van der Waals surface area contributed by atoms with Crippen LogP contribution in [-0.4, -0.2) is 11.1 Å². The maximum atomic E-state index is 11.5. The van der Waals surface area contributed by atoms with Crippen molar-refractivity contribution in [3.63, 3.8) is 0 Å². The van der Waals surface area contributed by atoms with Gasteiger partial charge in [0.15, 0.2) is 0 Å². The number of ether oxygens (including phenoxy) is 1. The van der Waals surface area contributed by atoms with Gasteiger partial charge in [-0.05, 0) is 31.2 Å². The Morgan fingerprint density at radius 1 is 1.39 bits per heavy atom. The molecule has 2 rings (SSSR count). The average molecular weight is 246 g/mol. The Hall–Kier alpha value is -2.56. The summed E-state index contributed by atoms with van der Waals surface area (Å²) in [6.45, 7) is 4.88. The fourth-order valence-electron chi connectivity index (χ4n) is 1.35. The lowest BCUT2D eigenvalue weighted by Gasteiger charge is -2.03. The highest BCUT2D eigenvalue weighted by atomic mass is 16.5. The number of hydrogen-bond donors (Lipinski definition) is 1. The molecule has 0 saturated heterocycles. The van der Waals surface area contributed by atoms with E-state index in [1.807, 2.05) is 0 Å². The van der Waals surface area contributed by atoms with Gasteiger partial charge in [-0.15, -0.1) is 0 Å². The molecule has 0 radical (unpaired) electrons. The van der Waals surface area contributed by atoms with Crippen LogP contribution in [0, 0.1) is 0 Å². The van der Waals surface area contributed by atoms with Crippen molar-refractivity contribution >= 4 is 16.9 Å². The van der Waals surface area contributed by atoms with Crippen molar-refractivity contribution in [1.82, 2.24) is 0 Å². The van der Waals surface area contributed by atoms with Crippen LogP contribution >= 0.6 is 0 Å². The van der Waals surface area contributed by atoms with Gasteiger partial charge < -0.3 is 14.3 Å². The van der Waals surface area contributed by atoms with Gasteiger partial charge in [-0.1, -0.05) is 6.58 Å². The molecule has 0 atom stereocenters. The molecule has 0 aliphatic rings. The van der Waals surface area contributed by atoms with Crippen LogP contribution in [0.4, 0.5) is 0 Å². The molecule has 0 unspecified atom stereocenters. The fraction of sp³-hybridized carbons (Fsp3) is 0.0769. The number of hydrogen-bond acceptors (Lipinski definition) is 5. The molecule has 0 fully saturated rings. The van der Waals surface area contributed by atoms with Crippen LogP contribution < -0.4 is 10.4 Å². The summed E-state index contributed by atoms with van der Waals surface area (Å²) < 4.78 is 9.78. The summed E-state index contributed by atoms with van der Waals surface area (Å²) in [5.74, 6) is -0.920. The zero-order valence-corrected chi connectivity index (χ0v) is 9.60. The maximum Gasteiger partial charge on any atom is 0.379 e. The van der Waals surface area contributed by atoms with E-state index < -0.39 is 11.6 Å². The number of fused-ring (bicyclic) bond motifs is 1. The van der Waals surface area contributed by atoms with E-state index in [2.05, 4.69) is 6.58 Å². The van der Waals surface area contributed by atoms with Crippen molar-refractivity contribution in [1.29, 1.82) is 0 Å². The predicted molar refractivity (Wildman–Crippen MR) is 64.6 cm³/mol. The maximum absolute atomic E-state index is 11.5. The number of phenolic OH excluding ortho intramolecular Hbond substituents is 1. The van der Waals surface area contributed by atoms with Crippen molar-refractivity contribution < 1.29 is 19.1 Å². The number of rotatable bonds is 2. The summed E-state index contributed by atoms with van der Waals surface area (Å²) in [6.07, 6.45) is 0. The Kier molecular flexibility index (Phi) is 2.89. The van der Waals surface area contributed by atoms with Crippen LogP contribution in [0.15, 0.2) is 45.6 Å². The molecule has 1 heterocycles. The van der Waals surface area contributed by atoms with Gasteiger partial charge >= 0.3 is 11.6 Å². The monoisotopic (exact) mass is 246 g/mol. The van der Waals surface area contributed by atoms with Gasteiger partial charge in [-0.2, -0.15) is 0 Å². The summed E-state index contributed by atoms with van der Waals surface area (Å²) in [5.41, 5.74) is -0.291. The lowest BCUT2D eigenvalue weighted by Crippen LogP contribution is -2.14. The summed E-state index contributed by atoms with van der Waals surface area (Å²) in [6, 6.07) is 5.58. The molecule has 0 amide bonds. The minimum absolute atomic E-state index is 0.0218. The van der Waals surface area contributed by atoms with Gasteiger partial charge in [-0.3, -0.25) is 0 Å². The molecule has 1 aromatic heterocycles. The minimum Gasteiger partial charge on any atom is -0.508 e. The van der Waals surface area contributed by atoms with Crippen LogP contribution in [0.1, 0.15) is 6.92 Å². The normalized spacial score (nSPS) is 10.3. The minimum atomic E-state index is -0.761. The Balaban J connectivity index is 2.51. The van der Waals surface area contributed by atoms with E-state index in [9.17, 15) is 14.7 Å². The highest BCUT2D eigenvalue weighted by Gasteiger charge is 2.12. The van der Waals surface area contributed by atoms with Crippen LogP contribution in [0.3, 0.4) is 0 Å². The van der Waals surface area contributed by atoms with E-state index in [1.165, 1.54) is 31.2 Å². The van der Waals surface area contributed by atoms with Crippen molar-refractivity contribution in [3.8, 4) is 11.5 Å². The number of carbonyl (C=O) groups is 1. The first-order valence-electron chi connectivity index (χ1n) is 5.12. The largest absolute Gasteiger partial charge is 0.508 e. The Morgan fingerprint density at radius 3 is 2.78 bits per heavy atom. The van der Waals surface area contributed by atoms with Gasteiger partial charge in [0.25, 0.3) is 0 Å². The van der Waals surface area contributed by atoms with E-state index >= 15 is 0 Å². The molecule has 1 aromatic carbocycles. The molecule has 0 spiro atoms. The van der Waals surface area contributed by atoms with Crippen LogP contribution in [0.25, 0.3) is 11.0 Å². The quantitative estimate of drug-likeness (QED) is 0.498. The first kappa shape index (κ1) is 11.9. The lowest BCUT2D eigenvalue weighted by atomic mass is 10.2. The SMILES string of the molecule is C=C(C)C(=O)Oc1cc2cc(O)ccc2oc1=O. The molecule has 0 bridgehead atoms. The van der Waals surface area contributed by atoms with Crippen molar-refractivity contribution in [2.75, 3.05) is 0 Å². The third-order valence-electron chi connectivity index (χ3n) is 2.23. The molecule has 2 aromatic rings. The van der Waals surface area contributed by atoms with Gasteiger partial charge in [-0.25, -0.2) is 9.59 Å². The lowest BCUT2D eigenvalue weighted by molar-refractivity contribution is -0.130. The molecule has 0 saturated carbocycles. The topological polar surface area (TPSA) is 76.7 Å². The summed E-state index contributed by atoms with van der Waals surface area (Å²) >= 11 is 0. The fourth-order valence-corrected chi connectivity index (χ4v) is 1.35. The second kappa shape index (κ2) is 4.37. The Bertz CT molecular complexity index is 696. The molecular weight excluding hydrogens is 236 g/mol. The molecular formula is C13H10O5. The van der Waals surface area contributed by atoms with Crippen LogP contribution in [-0.2, 0) is 4.79 Å². The summed E-state index contributed by atoms with van der Waals surface area (Å²) in [5, 5.41) is 9.78.